The maximum absolute atomic E-state index is 11.2. The fourth-order valence-corrected chi connectivity index (χ4v) is 2.58. The van der Waals surface area contributed by atoms with Crippen LogP contribution in [0.2, 0.25) is 5.02 Å². The molecule has 1 N–H and O–H groups in total. The summed E-state index contributed by atoms with van der Waals surface area (Å²) >= 11 is 6.28. The summed E-state index contributed by atoms with van der Waals surface area (Å²) < 4.78 is 4.90. The van der Waals surface area contributed by atoms with Crippen LogP contribution in [0.3, 0.4) is 0 Å². The molecule has 0 unspecified atom stereocenters. The second-order valence-corrected chi connectivity index (χ2v) is 5.24. The summed E-state index contributed by atoms with van der Waals surface area (Å²) in [5, 5.41) is 6.32. The summed E-state index contributed by atoms with van der Waals surface area (Å²) in [6.07, 6.45) is 2.22. The largest absolute Gasteiger partial charge is 0.466 e. The molecule has 0 bridgehead atoms. The van der Waals surface area contributed by atoms with Crippen molar-refractivity contribution in [3.63, 3.8) is 0 Å². The van der Waals surface area contributed by atoms with Crippen molar-refractivity contribution < 1.29 is 9.53 Å². The van der Waals surface area contributed by atoms with Gasteiger partial charge in [-0.05, 0) is 37.3 Å². The number of carbonyl (C=O) groups excluding carboxylic acids is 1. The molecule has 0 aliphatic carbocycles. The van der Waals surface area contributed by atoms with Gasteiger partial charge in [0.1, 0.15) is 0 Å². The van der Waals surface area contributed by atoms with Gasteiger partial charge in [-0.15, -0.1) is 0 Å². The van der Waals surface area contributed by atoms with Crippen LogP contribution in [0, 0.1) is 0 Å². The highest BCUT2D eigenvalue weighted by atomic mass is 35.5. The molecule has 0 heterocycles. The number of unbranched alkanes of at least 4 members (excludes halogenated alkanes) is 1. The number of benzene rings is 2. The van der Waals surface area contributed by atoms with Crippen LogP contribution in [0.25, 0.3) is 10.8 Å². The molecule has 0 saturated heterocycles. The van der Waals surface area contributed by atoms with E-state index >= 15 is 0 Å². The van der Waals surface area contributed by atoms with Crippen LogP contribution < -0.4 is 5.32 Å². The zero-order valence-corrected chi connectivity index (χ0v) is 13.0. The lowest BCUT2D eigenvalue weighted by Gasteiger charge is -2.11. The molecule has 2 aromatic rings. The van der Waals surface area contributed by atoms with E-state index in [4.69, 9.17) is 16.3 Å². The van der Waals surface area contributed by atoms with Gasteiger partial charge in [-0.25, -0.2) is 0 Å². The summed E-state index contributed by atoms with van der Waals surface area (Å²) in [7, 11) is 0. The highest BCUT2D eigenvalue weighted by molar-refractivity contribution is 6.36. The summed E-state index contributed by atoms with van der Waals surface area (Å²) in [6, 6.07) is 12.0. The van der Waals surface area contributed by atoms with Crippen molar-refractivity contribution in [3.8, 4) is 0 Å². The summed E-state index contributed by atoms with van der Waals surface area (Å²) in [5.74, 6) is -0.120. The third-order valence-corrected chi connectivity index (χ3v) is 3.60. The van der Waals surface area contributed by atoms with Gasteiger partial charge in [0.05, 0.1) is 11.6 Å². The Bertz CT molecular complexity index is 608. The van der Waals surface area contributed by atoms with E-state index in [1.54, 1.807) is 0 Å². The maximum Gasteiger partial charge on any atom is 0.305 e. The van der Waals surface area contributed by atoms with Gasteiger partial charge >= 0.3 is 5.97 Å². The fraction of sp³-hybridized carbons (Fsp3) is 0.353. The smallest absolute Gasteiger partial charge is 0.305 e. The first-order valence-corrected chi connectivity index (χ1v) is 7.67. The number of halogens is 1. The minimum absolute atomic E-state index is 0.120. The minimum atomic E-state index is -0.120. The lowest BCUT2D eigenvalue weighted by Crippen LogP contribution is -2.06. The Balaban J connectivity index is 1.88. The third kappa shape index (κ3) is 4.36. The number of anilines is 1. The Morgan fingerprint density at radius 1 is 1.19 bits per heavy atom. The molecule has 112 valence electrons. The van der Waals surface area contributed by atoms with Crippen LogP contribution in [0.15, 0.2) is 36.4 Å². The van der Waals surface area contributed by atoms with Gasteiger partial charge in [0, 0.05) is 24.0 Å². The first kappa shape index (κ1) is 15.6. The maximum atomic E-state index is 11.2. The molecule has 3 nitrogen and oxygen atoms in total. The molecular weight excluding hydrogens is 286 g/mol. The average Bonchev–Trinajstić information content (AvgIpc) is 2.47. The Kier molecular flexibility index (Phi) is 5.88. The highest BCUT2D eigenvalue weighted by Gasteiger charge is 2.05. The van der Waals surface area contributed by atoms with Gasteiger partial charge in [-0.2, -0.15) is 0 Å². The number of hydrogen-bond acceptors (Lipinski definition) is 3. The number of fused-ring (bicyclic) bond motifs is 1. The Hall–Kier alpha value is -1.74. The lowest BCUT2D eigenvalue weighted by molar-refractivity contribution is -0.143. The van der Waals surface area contributed by atoms with Crippen molar-refractivity contribution in [2.75, 3.05) is 18.5 Å². The summed E-state index contributed by atoms with van der Waals surface area (Å²) in [5.41, 5.74) is 1.04. The molecular formula is C17H20ClNO2. The quantitative estimate of drug-likeness (QED) is 0.598. The van der Waals surface area contributed by atoms with Crippen molar-refractivity contribution in [2.24, 2.45) is 0 Å². The predicted molar refractivity (Wildman–Crippen MR) is 87.9 cm³/mol. The number of rotatable bonds is 7. The normalized spacial score (nSPS) is 10.6. The molecule has 0 amide bonds. The first-order valence-electron chi connectivity index (χ1n) is 7.29. The van der Waals surface area contributed by atoms with Gasteiger partial charge in [-0.1, -0.05) is 35.9 Å². The van der Waals surface area contributed by atoms with Crippen LogP contribution in [0.1, 0.15) is 26.2 Å². The average molecular weight is 306 g/mol. The third-order valence-electron chi connectivity index (χ3n) is 3.28. The van der Waals surface area contributed by atoms with Crippen LogP contribution >= 0.6 is 11.6 Å². The van der Waals surface area contributed by atoms with Gasteiger partial charge in [-0.3, -0.25) is 4.79 Å². The molecule has 0 spiro atoms. The number of nitrogens with one attached hydrogen (secondary N) is 1. The van der Waals surface area contributed by atoms with E-state index in [1.807, 2.05) is 43.3 Å². The summed E-state index contributed by atoms with van der Waals surface area (Å²) in [6.45, 7) is 3.08. The summed E-state index contributed by atoms with van der Waals surface area (Å²) in [4.78, 5) is 11.2. The highest BCUT2D eigenvalue weighted by Crippen LogP contribution is 2.30. The van der Waals surface area contributed by atoms with E-state index in [9.17, 15) is 4.79 Å². The molecule has 2 rings (SSSR count). The van der Waals surface area contributed by atoms with Crippen molar-refractivity contribution >= 4 is 34.0 Å². The van der Waals surface area contributed by atoms with E-state index in [2.05, 4.69) is 5.32 Å². The molecule has 2 aromatic carbocycles. The van der Waals surface area contributed by atoms with E-state index in [0.29, 0.717) is 13.0 Å². The Morgan fingerprint density at radius 2 is 1.95 bits per heavy atom. The molecule has 0 saturated carbocycles. The molecule has 0 radical (unpaired) electrons. The minimum Gasteiger partial charge on any atom is -0.466 e. The van der Waals surface area contributed by atoms with Crippen molar-refractivity contribution in [3.05, 3.63) is 41.4 Å². The SMILES string of the molecule is CCOC(=O)CCCCNc1cccc2cccc(Cl)c12. The monoisotopic (exact) mass is 305 g/mol. The van der Waals surface area contributed by atoms with E-state index in [0.717, 1.165) is 40.9 Å². The standard InChI is InChI=1S/C17H20ClNO2/c1-2-21-16(20)11-3-4-12-19-15-10-6-8-13-7-5-9-14(18)17(13)15/h5-10,19H,2-4,11-12H2,1H3. The topological polar surface area (TPSA) is 38.3 Å². The van der Waals surface area contributed by atoms with Gasteiger partial charge < -0.3 is 10.1 Å². The molecule has 0 aliphatic heterocycles. The van der Waals surface area contributed by atoms with Crippen LogP contribution in [-0.4, -0.2) is 19.1 Å². The second kappa shape index (κ2) is 7.89. The number of ether oxygens (including phenoxy) is 1. The number of hydrogen-bond donors (Lipinski definition) is 1. The zero-order chi connectivity index (χ0) is 15.1. The van der Waals surface area contributed by atoms with E-state index < -0.39 is 0 Å². The predicted octanol–water partition coefficient (Wildman–Crippen LogP) is 4.64. The van der Waals surface area contributed by atoms with Crippen LogP contribution in [0.5, 0.6) is 0 Å². The van der Waals surface area contributed by atoms with Crippen LogP contribution in [0.4, 0.5) is 5.69 Å². The van der Waals surface area contributed by atoms with Crippen molar-refractivity contribution in [2.45, 2.75) is 26.2 Å². The van der Waals surface area contributed by atoms with Crippen molar-refractivity contribution in [1.82, 2.24) is 0 Å². The molecule has 0 fully saturated rings. The fourth-order valence-electron chi connectivity index (χ4n) is 2.29. The Morgan fingerprint density at radius 3 is 2.71 bits per heavy atom. The molecule has 21 heavy (non-hydrogen) atoms. The Labute approximate surface area is 130 Å². The molecule has 4 heteroatoms. The van der Waals surface area contributed by atoms with Gasteiger partial charge in [0.2, 0.25) is 0 Å². The molecule has 0 aliphatic rings. The van der Waals surface area contributed by atoms with Crippen molar-refractivity contribution in [1.29, 1.82) is 0 Å². The first-order chi connectivity index (χ1) is 10.2. The zero-order valence-electron chi connectivity index (χ0n) is 12.2. The lowest BCUT2D eigenvalue weighted by atomic mass is 10.1. The molecule has 0 aromatic heterocycles. The second-order valence-electron chi connectivity index (χ2n) is 4.83. The van der Waals surface area contributed by atoms with E-state index in [1.165, 1.54) is 0 Å². The van der Waals surface area contributed by atoms with Gasteiger partial charge in [0.15, 0.2) is 0 Å². The van der Waals surface area contributed by atoms with Crippen LogP contribution in [-0.2, 0) is 9.53 Å². The van der Waals surface area contributed by atoms with E-state index in [-0.39, 0.29) is 5.97 Å². The molecule has 0 atom stereocenters. The number of esters is 1. The van der Waals surface area contributed by atoms with Gasteiger partial charge in [0.25, 0.3) is 0 Å². The number of carbonyl (C=O) groups is 1.